The fraction of sp³-hybridized carbons (Fsp3) is 0.500. The van der Waals surface area contributed by atoms with E-state index in [4.69, 9.17) is 4.74 Å². The molecule has 0 unspecified atom stereocenters. The Hall–Kier alpha value is -1.68. The predicted octanol–water partition coefficient (Wildman–Crippen LogP) is 1.93. The molecule has 1 aliphatic heterocycles. The van der Waals surface area contributed by atoms with Crippen LogP contribution in [0.2, 0.25) is 0 Å². The predicted molar refractivity (Wildman–Crippen MR) is 74.0 cm³/mol. The summed E-state index contributed by atoms with van der Waals surface area (Å²) < 4.78 is 5.32. The van der Waals surface area contributed by atoms with Gasteiger partial charge >= 0.3 is 0 Å². The molecule has 1 aliphatic carbocycles. The monoisotopic (exact) mass is 273 g/mol. The van der Waals surface area contributed by atoms with Gasteiger partial charge in [-0.2, -0.15) is 0 Å². The molecule has 1 heterocycles. The molecule has 4 heteroatoms. The molecule has 4 nitrogen and oxygen atoms in total. The van der Waals surface area contributed by atoms with Crippen molar-refractivity contribution in [2.75, 3.05) is 7.11 Å². The van der Waals surface area contributed by atoms with Crippen LogP contribution in [0, 0.1) is 0 Å². The second kappa shape index (κ2) is 5.02. The molecule has 1 spiro atoms. The number of likely N-dealkylation sites (tertiary alicyclic amines) is 1. The number of rotatable bonds is 3. The van der Waals surface area contributed by atoms with Gasteiger partial charge < -0.3 is 9.64 Å². The van der Waals surface area contributed by atoms with Crippen LogP contribution in [0.3, 0.4) is 0 Å². The summed E-state index contributed by atoms with van der Waals surface area (Å²) in [5.74, 6) is 0.0951. The van der Waals surface area contributed by atoms with Gasteiger partial charge in [0.1, 0.15) is 5.54 Å². The third-order valence-corrected chi connectivity index (χ3v) is 4.52. The zero-order chi connectivity index (χ0) is 14.2. The number of ether oxygens (including phenoxy) is 1. The number of β-lactam (4-membered cyclic amide) rings is 1. The Labute approximate surface area is 118 Å². The van der Waals surface area contributed by atoms with E-state index in [1.165, 1.54) is 7.11 Å². The Balaban J connectivity index is 1.89. The van der Waals surface area contributed by atoms with Crippen LogP contribution in [-0.2, 0) is 20.9 Å². The Morgan fingerprint density at radius 3 is 2.65 bits per heavy atom. The van der Waals surface area contributed by atoms with Crippen molar-refractivity contribution >= 4 is 11.7 Å². The minimum absolute atomic E-state index is 0.0633. The van der Waals surface area contributed by atoms with Gasteiger partial charge in [0.05, 0.1) is 0 Å². The van der Waals surface area contributed by atoms with Gasteiger partial charge in [0.2, 0.25) is 0 Å². The van der Waals surface area contributed by atoms with Crippen LogP contribution >= 0.6 is 0 Å². The Bertz CT molecular complexity index is 528. The Morgan fingerprint density at radius 1 is 1.25 bits per heavy atom. The van der Waals surface area contributed by atoms with Gasteiger partial charge in [-0.1, -0.05) is 36.8 Å². The zero-order valence-corrected chi connectivity index (χ0v) is 11.7. The topological polar surface area (TPSA) is 46.6 Å². The molecule has 0 aromatic heterocycles. The van der Waals surface area contributed by atoms with E-state index >= 15 is 0 Å². The maximum Gasteiger partial charge on any atom is 0.255 e. The molecule has 2 fully saturated rings. The maximum atomic E-state index is 12.4. The molecule has 0 radical (unpaired) electrons. The minimum atomic E-state index is -0.708. The summed E-state index contributed by atoms with van der Waals surface area (Å²) in [7, 11) is 1.52. The summed E-state index contributed by atoms with van der Waals surface area (Å²) in [6, 6.07) is 9.80. The highest BCUT2D eigenvalue weighted by atomic mass is 16.5. The highest BCUT2D eigenvalue weighted by Gasteiger charge is 2.64. The van der Waals surface area contributed by atoms with Crippen LogP contribution in [0.25, 0.3) is 0 Å². The number of benzene rings is 1. The van der Waals surface area contributed by atoms with Gasteiger partial charge in [0.25, 0.3) is 5.91 Å². The number of Topliss-reactive ketones (excluding diaryl/α,β-unsaturated/α-hetero) is 1. The van der Waals surface area contributed by atoms with Crippen molar-refractivity contribution in [2.45, 2.75) is 43.9 Å². The molecule has 20 heavy (non-hydrogen) atoms. The molecule has 1 amide bonds. The van der Waals surface area contributed by atoms with Crippen LogP contribution in [0.1, 0.15) is 31.2 Å². The number of amides is 1. The lowest BCUT2D eigenvalue weighted by Gasteiger charge is -2.57. The summed E-state index contributed by atoms with van der Waals surface area (Å²) >= 11 is 0. The van der Waals surface area contributed by atoms with Gasteiger partial charge in [0, 0.05) is 20.1 Å². The van der Waals surface area contributed by atoms with Crippen LogP contribution in [0.5, 0.6) is 0 Å². The molecular formula is C16H19NO3. The molecular weight excluding hydrogens is 254 g/mol. The van der Waals surface area contributed by atoms with Crippen molar-refractivity contribution < 1.29 is 14.3 Å². The lowest BCUT2D eigenvalue weighted by atomic mass is 9.68. The lowest BCUT2D eigenvalue weighted by molar-refractivity contribution is -0.199. The van der Waals surface area contributed by atoms with Crippen molar-refractivity contribution in [2.24, 2.45) is 0 Å². The van der Waals surface area contributed by atoms with Gasteiger partial charge in [-0.3, -0.25) is 9.59 Å². The van der Waals surface area contributed by atoms with E-state index < -0.39 is 11.6 Å². The number of carbonyl (C=O) groups excluding carboxylic acids is 2. The van der Waals surface area contributed by atoms with Gasteiger partial charge in [-0.25, -0.2) is 0 Å². The molecule has 1 aromatic carbocycles. The smallest absolute Gasteiger partial charge is 0.255 e. The first-order valence-corrected chi connectivity index (χ1v) is 7.11. The number of methoxy groups -OCH3 is 1. The molecule has 3 rings (SSSR count). The van der Waals surface area contributed by atoms with E-state index in [9.17, 15) is 9.59 Å². The molecule has 106 valence electrons. The van der Waals surface area contributed by atoms with E-state index in [2.05, 4.69) is 0 Å². The lowest BCUT2D eigenvalue weighted by Crippen LogP contribution is -2.78. The molecule has 1 saturated carbocycles. The summed E-state index contributed by atoms with van der Waals surface area (Å²) in [5, 5.41) is 0. The van der Waals surface area contributed by atoms with Crippen molar-refractivity contribution in [3.8, 4) is 0 Å². The first-order valence-electron chi connectivity index (χ1n) is 7.11. The Kier molecular flexibility index (Phi) is 3.34. The SMILES string of the molecule is CO[C@H]1C(=O)N(Cc2ccccc2)[C@]12CCCCC2=O. The van der Waals surface area contributed by atoms with Crippen molar-refractivity contribution in [1.29, 1.82) is 0 Å². The maximum absolute atomic E-state index is 12.4. The number of nitrogens with zero attached hydrogens (tertiary/aromatic N) is 1. The minimum Gasteiger partial charge on any atom is -0.369 e. The van der Waals surface area contributed by atoms with Crippen LogP contribution in [-0.4, -0.2) is 35.3 Å². The molecule has 1 saturated heterocycles. The van der Waals surface area contributed by atoms with Crippen LogP contribution < -0.4 is 0 Å². The molecule has 1 aromatic rings. The number of hydrogen-bond donors (Lipinski definition) is 0. The van der Waals surface area contributed by atoms with Gasteiger partial charge in [-0.05, 0) is 18.4 Å². The first kappa shape index (κ1) is 13.3. The van der Waals surface area contributed by atoms with Crippen LogP contribution in [0.15, 0.2) is 30.3 Å². The summed E-state index contributed by atoms with van der Waals surface area (Å²) in [6.45, 7) is 0.491. The summed E-state index contributed by atoms with van der Waals surface area (Å²) in [6.07, 6.45) is 2.59. The molecule has 2 atom stereocenters. The van der Waals surface area contributed by atoms with Crippen molar-refractivity contribution in [3.63, 3.8) is 0 Å². The molecule has 0 bridgehead atoms. The Morgan fingerprint density at radius 2 is 2.00 bits per heavy atom. The highest BCUT2D eigenvalue weighted by molar-refractivity contribution is 6.06. The third kappa shape index (κ3) is 1.79. The standard InChI is InChI=1S/C16H19NO3/c1-20-14-15(19)17(11-12-7-3-2-4-8-12)16(14)10-6-5-9-13(16)18/h2-4,7-8,14H,5-6,9-11H2,1H3/t14-,16-/m0/s1. The van der Waals surface area contributed by atoms with E-state index in [1.807, 2.05) is 30.3 Å². The average Bonchev–Trinajstić information content (AvgIpc) is 2.48. The zero-order valence-electron chi connectivity index (χ0n) is 11.7. The summed E-state index contributed by atoms with van der Waals surface area (Å²) in [4.78, 5) is 26.4. The average molecular weight is 273 g/mol. The van der Waals surface area contributed by atoms with Crippen molar-refractivity contribution in [3.05, 3.63) is 35.9 Å². The molecule has 0 N–H and O–H groups in total. The second-order valence-electron chi connectivity index (χ2n) is 5.58. The van der Waals surface area contributed by atoms with E-state index in [0.717, 1.165) is 24.8 Å². The quantitative estimate of drug-likeness (QED) is 0.791. The second-order valence-corrected chi connectivity index (χ2v) is 5.58. The number of ketones is 1. The fourth-order valence-electron chi connectivity index (χ4n) is 3.50. The fourth-order valence-corrected chi connectivity index (χ4v) is 3.50. The van der Waals surface area contributed by atoms with E-state index in [-0.39, 0.29) is 11.7 Å². The van der Waals surface area contributed by atoms with Crippen LogP contribution in [0.4, 0.5) is 0 Å². The third-order valence-electron chi connectivity index (χ3n) is 4.52. The number of hydrogen-bond acceptors (Lipinski definition) is 3. The number of carbonyl (C=O) groups is 2. The largest absolute Gasteiger partial charge is 0.369 e. The summed E-state index contributed by atoms with van der Waals surface area (Å²) in [5.41, 5.74) is 0.341. The first-order chi connectivity index (χ1) is 9.70. The van der Waals surface area contributed by atoms with E-state index in [1.54, 1.807) is 4.90 Å². The highest BCUT2D eigenvalue weighted by Crippen LogP contribution is 2.44. The normalized spacial score (nSPS) is 29.6. The van der Waals surface area contributed by atoms with Gasteiger partial charge in [0.15, 0.2) is 11.9 Å². The van der Waals surface area contributed by atoms with E-state index in [0.29, 0.717) is 13.0 Å². The van der Waals surface area contributed by atoms with Gasteiger partial charge in [-0.15, -0.1) is 0 Å². The van der Waals surface area contributed by atoms with Crippen molar-refractivity contribution in [1.82, 2.24) is 4.90 Å². The molecule has 2 aliphatic rings.